The lowest BCUT2D eigenvalue weighted by Crippen LogP contribution is -2.01. The molecule has 0 bridgehead atoms. The Hall–Kier alpha value is -2.43. The fraction of sp³-hybridized carbons (Fsp3) is 0.0769. The van der Waals surface area contributed by atoms with Crippen molar-refractivity contribution in [3.8, 4) is 16.9 Å². The summed E-state index contributed by atoms with van der Waals surface area (Å²) in [5.41, 5.74) is 1.22. The number of aromatic nitrogens is 1. The van der Waals surface area contributed by atoms with Crippen LogP contribution in [0.1, 0.15) is 10.5 Å². The van der Waals surface area contributed by atoms with Crippen LogP contribution in [0.25, 0.3) is 11.1 Å². The maximum Gasteiger partial charge on any atom is 0.354 e. The number of methoxy groups -OCH3 is 1. The van der Waals surface area contributed by atoms with Crippen LogP contribution in [0.5, 0.6) is 5.75 Å². The molecule has 0 aliphatic rings. The number of halogens is 1. The van der Waals surface area contributed by atoms with Gasteiger partial charge >= 0.3 is 5.97 Å². The van der Waals surface area contributed by atoms with Gasteiger partial charge in [0.1, 0.15) is 11.6 Å². The van der Waals surface area contributed by atoms with Crippen molar-refractivity contribution in [2.24, 2.45) is 0 Å². The van der Waals surface area contributed by atoms with Crippen molar-refractivity contribution in [2.75, 3.05) is 7.11 Å². The van der Waals surface area contributed by atoms with Gasteiger partial charge < -0.3 is 9.84 Å². The molecular formula is C13H10FNO3. The van der Waals surface area contributed by atoms with Crippen molar-refractivity contribution in [1.82, 2.24) is 4.98 Å². The molecule has 18 heavy (non-hydrogen) atoms. The lowest BCUT2D eigenvalue weighted by atomic mass is 10.1. The van der Waals surface area contributed by atoms with E-state index in [4.69, 9.17) is 9.84 Å². The molecule has 0 amide bonds. The summed E-state index contributed by atoms with van der Waals surface area (Å²) in [5, 5.41) is 8.83. The topological polar surface area (TPSA) is 59.4 Å². The van der Waals surface area contributed by atoms with E-state index >= 15 is 0 Å². The maximum absolute atomic E-state index is 12.8. The normalized spacial score (nSPS) is 10.1. The molecule has 2 rings (SSSR count). The van der Waals surface area contributed by atoms with E-state index in [1.54, 1.807) is 12.1 Å². The summed E-state index contributed by atoms with van der Waals surface area (Å²) in [6, 6.07) is 7.13. The number of ether oxygens (including phenoxy) is 1. The van der Waals surface area contributed by atoms with Crippen LogP contribution in [0, 0.1) is 5.82 Å². The second kappa shape index (κ2) is 4.83. The van der Waals surface area contributed by atoms with Crippen molar-refractivity contribution in [2.45, 2.75) is 0 Å². The van der Waals surface area contributed by atoms with E-state index in [1.807, 2.05) is 0 Å². The number of carboxylic acid groups (broad SMARTS) is 1. The minimum Gasteiger partial charge on any atom is -0.496 e. The molecule has 0 saturated heterocycles. The molecule has 1 aromatic carbocycles. The van der Waals surface area contributed by atoms with E-state index < -0.39 is 5.97 Å². The molecule has 92 valence electrons. The number of hydrogen-bond acceptors (Lipinski definition) is 3. The monoisotopic (exact) mass is 247 g/mol. The number of rotatable bonds is 3. The average molecular weight is 247 g/mol. The molecule has 0 atom stereocenters. The third-order valence-corrected chi connectivity index (χ3v) is 2.46. The fourth-order valence-corrected chi connectivity index (χ4v) is 1.57. The van der Waals surface area contributed by atoms with Crippen LogP contribution in [0.4, 0.5) is 4.39 Å². The Morgan fingerprint density at radius 3 is 2.56 bits per heavy atom. The van der Waals surface area contributed by atoms with E-state index in [0.717, 1.165) is 0 Å². The molecule has 0 aliphatic carbocycles. The molecule has 1 N–H and O–H groups in total. The lowest BCUT2D eigenvalue weighted by molar-refractivity contribution is 0.0690. The quantitative estimate of drug-likeness (QED) is 0.905. The van der Waals surface area contributed by atoms with Crippen molar-refractivity contribution < 1.29 is 19.0 Å². The van der Waals surface area contributed by atoms with Gasteiger partial charge in [-0.1, -0.05) is 12.1 Å². The van der Waals surface area contributed by atoms with Crippen LogP contribution >= 0.6 is 0 Å². The predicted octanol–water partition coefficient (Wildman–Crippen LogP) is 2.59. The van der Waals surface area contributed by atoms with Crippen LogP contribution in [-0.2, 0) is 0 Å². The summed E-state index contributed by atoms with van der Waals surface area (Å²) in [6.07, 6.45) is 1.40. The highest BCUT2D eigenvalue weighted by atomic mass is 19.1. The van der Waals surface area contributed by atoms with E-state index in [2.05, 4.69) is 4.98 Å². The third kappa shape index (κ3) is 2.29. The summed E-state index contributed by atoms with van der Waals surface area (Å²) >= 11 is 0. The summed E-state index contributed by atoms with van der Waals surface area (Å²) in [6.45, 7) is 0. The summed E-state index contributed by atoms with van der Waals surface area (Å²) in [5.74, 6) is -1.08. The lowest BCUT2D eigenvalue weighted by Gasteiger charge is -2.08. The number of carboxylic acids is 1. The Labute approximate surface area is 103 Å². The molecular weight excluding hydrogens is 237 g/mol. The van der Waals surface area contributed by atoms with Gasteiger partial charge in [0, 0.05) is 17.8 Å². The van der Waals surface area contributed by atoms with Crippen LogP contribution in [0.15, 0.2) is 36.5 Å². The summed E-state index contributed by atoms with van der Waals surface area (Å²) in [4.78, 5) is 14.6. The van der Waals surface area contributed by atoms with Gasteiger partial charge in [0.15, 0.2) is 5.69 Å². The van der Waals surface area contributed by atoms with Gasteiger partial charge in [0.2, 0.25) is 0 Å². The Kier molecular flexibility index (Phi) is 3.23. The molecule has 0 radical (unpaired) electrons. The first kappa shape index (κ1) is 12.0. The Morgan fingerprint density at radius 2 is 2.00 bits per heavy atom. The fourth-order valence-electron chi connectivity index (χ4n) is 1.57. The van der Waals surface area contributed by atoms with E-state index in [1.165, 1.54) is 31.5 Å². The largest absolute Gasteiger partial charge is 0.496 e. The highest BCUT2D eigenvalue weighted by molar-refractivity contribution is 5.87. The first-order valence-corrected chi connectivity index (χ1v) is 5.15. The van der Waals surface area contributed by atoms with Crippen LogP contribution < -0.4 is 4.74 Å². The molecule has 4 nitrogen and oxygen atoms in total. The van der Waals surface area contributed by atoms with Gasteiger partial charge in [-0.25, -0.2) is 14.2 Å². The Bertz CT molecular complexity index is 581. The zero-order chi connectivity index (χ0) is 13.1. The second-order valence-corrected chi connectivity index (χ2v) is 3.58. The minimum absolute atomic E-state index is 0.0993. The Morgan fingerprint density at radius 1 is 1.33 bits per heavy atom. The minimum atomic E-state index is -1.13. The predicted molar refractivity (Wildman–Crippen MR) is 63.1 cm³/mol. The highest BCUT2D eigenvalue weighted by Gasteiger charge is 2.11. The number of aromatic carboxylic acids is 1. The van der Waals surface area contributed by atoms with Gasteiger partial charge in [0.05, 0.1) is 7.11 Å². The Balaban J connectivity index is 2.50. The zero-order valence-electron chi connectivity index (χ0n) is 9.55. The summed E-state index contributed by atoms with van der Waals surface area (Å²) in [7, 11) is 1.44. The third-order valence-electron chi connectivity index (χ3n) is 2.46. The number of pyridine rings is 1. The van der Waals surface area contributed by atoms with Crippen molar-refractivity contribution >= 4 is 5.97 Å². The van der Waals surface area contributed by atoms with Gasteiger partial charge in [-0.2, -0.15) is 0 Å². The van der Waals surface area contributed by atoms with E-state index in [0.29, 0.717) is 16.9 Å². The molecule has 0 spiro atoms. The van der Waals surface area contributed by atoms with Crippen LogP contribution in [0.2, 0.25) is 0 Å². The van der Waals surface area contributed by atoms with E-state index in [9.17, 15) is 9.18 Å². The zero-order valence-corrected chi connectivity index (χ0v) is 9.55. The SMILES string of the molecule is COc1cc(C(=O)O)ncc1-c1ccc(F)cc1. The molecule has 2 aromatic rings. The molecule has 1 heterocycles. The summed E-state index contributed by atoms with van der Waals surface area (Å²) < 4.78 is 18.0. The molecule has 0 saturated carbocycles. The van der Waals surface area contributed by atoms with Gasteiger partial charge in [0.25, 0.3) is 0 Å². The number of hydrogen-bond donors (Lipinski definition) is 1. The van der Waals surface area contributed by atoms with E-state index in [-0.39, 0.29) is 11.5 Å². The maximum atomic E-state index is 12.8. The van der Waals surface area contributed by atoms with Crippen LogP contribution in [-0.4, -0.2) is 23.2 Å². The van der Waals surface area contributed by atoms with Gasteiger partial charge in [-0.3, -0.25) is 0 Å². The van der Waals surface area contributed by atoms with Gasteiger partial charge in [-0.15, -0.1) is 0 Å². The first-order chi connectivity index (χ1) is 8.61. The number of carbonyl (C=O) groups is 1. The number of nitrogens with zero attached hydrogens (tertiary/aromatic N) is 1. The van der Waals surface area contributed by atoms with Gasteiger partial charge in [-0.05, 0) is 17.7 Å². The van der Waals surface area contributed by atoms with Crippen molar-refractivity contribution in [3.63, 3.8) is 0 Å². The molecule has 1 aromatic heterocycles. The number of benzene rings is 1. The van der Waals surface area contributed by atoms with Crippen molar-refractivity contribution in [3.05, 3.63) is 48.0 Å². The standard InChI is InChI=1S/C13H10FNO3/c1-18-12-6-11(13(16)17)15-7-10(12)8-2-4-9(14)5-3-8/h2-7H,1H3,(H,16,17). The molecule has 0 aliphatic heterocycles. The van der Waals surface area contributed by atoms with Crippen molar-refractivity contribution in [1.29, 1.82) is 0 Å². The first-order valence-electron chi connectivity index (χ1n) is 5.15. The molecule has 0 fully saturated rings. The second-order valence-electron chi connectivity index (χ2n) is 3.58. The smallest absolute Gasteiger partial charge is 0.354 e. The average Bonchev–Trinajstić information content (AvgIpc) is 2.39. The molecule has 5 heteroatoms. The highest BCUT2D eigenvalue weighted by Crippen LogP contribution is 2.29. The van der Waals surface area contributed by atoms with Crippen LogP contribution in [0.3, 0.4) is 0 Å². The molecule has 0 unspecified atom stereocenters.